The second-order valence-electron chi connectivity index (χ2n) is 6.98. The summed E-state index contributed by atoms with van der Waals surface area (Å²) in [7, 11) is 0. The molecule has 1 heterocycles. The molecule has 2 aromatic carbocycles. The van der Waals surface area contributed by atoms with Crippen LogP contribution < -0.4 is 0 Å². The number of esters is 2. The summed E-state index contributed by atoms with van der Waals surface area (Å²) in [6.45, 7) is 2.81. The van der Waals surface area contributed by atoms with Gasteiger partial charge in [0.2, 0.25) is 0 Å². The van der Waals surface area contributed by atoms with Crippen LogP contribution in [0.25, 0.3) is 0 Å². The fourth-order valence-electron chi connectivity index (χ4n) is 3.23. The van der Waals surface area contributed by atoms with Gasteiger partial charge in [-0.3, -0.25) is 9.59 Å². The molecule has 0 radical (unpaired) electrons. The fraction of sp³-hybridized carbons (Fsp3) is 0.391. The number of thioether (sulfide) groups is 3. The van der Waals surface area contributed by atoms with Crippen LogP contribution in [0.2, 0.25) is 0 Å². The Balaban J connectivity index is 1.75. The maximum absolute atomic E-state index is 11.8. The molecule has 0 amide bonds. The third kappa shape index (κ3) is 7.00. The van der Waals surface area contributed by atoms with Crippen molar-refractivity contribution in [3.8, 4) is 0 Å². The van der Waals surface area contributed by atoms with E-state index >= 15 is 0 Å². The van der Waals surface area contributed by atoms with E-state index in [-0.39, 0.29) is 21.8 Å². The van der Waals surface area contributed by atoms with Crippen molar-refractivity contribution in [1.82, 2.24) is 0 Å². The first-order valence-electron chi connectivity index (χ1n) is 9.80. The third-order valence-corrected chi connectivity index (χ3v) is 9.40. The van der Waals surface area contributed by atoms with Crippen LogP contribution in [0.15, 0.2) is 60.7 Å². The van der Waals surface area contributed by atoms with Gasteiger partial charge in [-0.15, -0.1) is 35.3 Å². The van der Waals surface area contributed by atoms with Crippen molar-refractivity contribution in [2.24, 2.45) is 0 Å². The summed E-state index contributed by atoms with van der Waals surface area (Å²) >= 11 is 5.43. The molecule has 30 heavy (non-hydrogen) atoms. The Morgan fingerprint density at radius 1 is 0.900 bits per heavy atom. The summed E-state index contributed by atoms with van der Waals surface area (Å²) in [5.74, 6) is 1.69. The summed E-state index contributed by atoms with van der Waals surface area (Å²) in [5, 5.41) is 0.0423. The number of hydrogen-bond donors (Lipinski definition) is 0. The van der Waals surface area contributed by atoms with Crippen molar-refractivity contribution in [2.75, 3.05) is 5.75 Å². The molecule has 2 aromatic rings. The Labute approximate surface area is 190 Å². The van der Waals surface area contributed by atoms with E-state index in [9.17, 15) is 9.59 Å². The van der Waals surface area contributed by atoms with E-state index in [1.54, 1.807) is 11.8 Å². The molecule has 0 aliphatic carbocycles. The van der Waals surface area contributed by atoms with E-state index in [1.807, 2.05) is 59.9 Å². The highest BCUT2D eigenvalue weighted by Gasteiger charge is 2.45. The van der Waals surface area contributed by atoms with Gasteiger partial charge >= 0.3 is 11.9 Å². The second kappa shape index (κ2) is 11.7. The fourth-order valence-corrected chi connectivity index (χ4v) is 8.00. The molecule has 7 heteroatoms. The minimum absolute atomic E-state index is 0.0423. The van der Waals surface area contributed by atoms with Gasteiger partial charge in [0, 0.05) is 31.1 Å². The van der Waals surface area contributed by atoms with Crippen molar-refractivity contribution >= 4 is 47.2 Å². The summed E-state index contributed by atoms with van der Waals surface area (Å²) in [6.07, 6.45) is -0.841. The standard InChI is InChI=1S/C23H26O4S3/c1-16(24)26-20-15-28-22(21(20)27-17(2)25)23(29-13-18-9-5-3-6-10-18)30-14-19-11-7-4-8-12-19/h3-12,20-23H,13-15H2,1-2H3/t20-,21-,22+/m1/s1. The highest BCUT2D eigenvalue weighted by Crippen LogP contribution is 2.44. The van der Waals surface area contributed by atoms with E-state index < -0.39 is 12.2 Å². The molecule has 3 atom stereocenters. The molecule has 4 nitrogen and oxygen atoms in total. The highest BCUT2D eigenvalue weighted by molar-refractivity contribution is 8.17. The van der Waals surface area contributed by atoms with Crippen LogP contribution in [0.1, 0.15) is 25.0 Å². The molecule has 0 bridgehead atoms. The molecular weight excluding hydrogens is 436 g/mol. The van der Waals surface area contributed by atoms with Crippen LogP contribution in [0.3, 0.4) is 0 Å². The van der Waals surface area contributed by atoms with Crippen molar-refractivity contribution in [2.45, 2.75) is 47.4 Å². The lowest BCUT2D eigenvalue weighted by atomic mass is 10.1. The van der Waals surface area contributed by atoms with Gasteiger partial charge in [-0.1, -0.05) is 60.7 Å². The zero-order valence-electron chi connectivity index (χ0n) is 17.1. The normalized spacial score (nSPS) is 20.8. The average molecular weight is 463 g/mol. The zero-order chi connectivity index (χ0) is 21.3. The molecule has 0 N–H and O–H groups in total. The lowest BCUT2D eigenvalue weighted by Crippen LogP contribution is -2.40. The number of carbonyl (C=O) groups excluding carboxylic acids is 2. The molecular formula is C23H26O4S3. The molecule has 0 saturated carbocycles. The summed E-state index contributed by atoms with van der Waals surface area (Å²) in [6, 6.07) is 20.7. The van der Waals surface area contributed by atoms with E-state index in [0.29, 0.717) is 5.75 Å². The van der Waals surface area contributed by atoms with Crippen LogP contribution in [0, 0.1) is 0 Å². The minimum atomic E-state index is -0.437. The average Bonchev–Trinajstić information content (AvgIpc) is 3.10. The largest absolute Gasteiger partial charge is 0.458 e. The van der Waals surface area contributed by atoms with Crippen molar-refractivity contribution in [3.05, 3.63) is 71.8 Å². The van der Waals surface area contributed by atoms with E-state index in [0.717, 1.165) is 11.5 Å². The van der Waals surface area contributed by atoms with Gasteiger partial charge in [0.15, 0.2) is 6.10 Å². The van der Waals surface area contributed by atoms with E-state index in [1.165, 1.54) is 25.0 Å². The molecule has 1 fully saturated rings. The van der Waals surface area contributed by atoms with E-state index in [4.69, 9.17) is 9.47 Å². The Morgan fingerprint density at radius 3 is 1.87 bits per heavy atom. The Morgan fingerprint density at radius 2 is 1.40 bits per heavy atom. The molecule has 0 spiro atoms. The lowest BCUT2D eigenvalue weighted by Gasteiger charge is -2.29. The first-order valence-corrected chi connectivity index (χ1v) is 12.9. The van der Waals surface area contributed by atoms with Gasteiger partial charge in [-0.05, 0) is 11.1 Å². The Bertz CT molecular complexity index is 772. The number of rotatable bonds is 9. The monoisotopic (exact) mass is 462 g/mol. The molecule has 3 rings (SSSR count). The van der Waals surface area contributed by atoms with E-state index in [2.05, 4.69) is 24.3 Å². The molecule has 0 unspecified atom stereocenters. The second-order valence-corrected chi connectivity index (χ2v) is 10.8. The Kier molecular flexibility index (Phi) is 9.03. The van der Waals surface area contributed by atoms with Gasteiger partial charge in [-0.2, -0.15) is 0 Å². The van der Waals surface area contributed by atoms with Crippen molar-refractivity contribution in [1.29, 1.82) is 0 Å². The van der Waals surface area contributed by atoms with Crippen LogP contribution >= 0.6 is 35.3 Å². The van der Waals surface area contributed by atoms with Crippen LogP contribution in [-0.4, -0.2) is 39.7 Å². The first kappa shape index (κ1) is 23.1. The molecule has 160 valence electrons. The van der Waals surface area contributed by atoms with Gasteiger partial charge < -0.3 is 9.47 Å². The number of benzene rings is 2. The summed E-state index contributed by atoms with van der Waals surface area (Å²) in [5.41, 5.74) is 2.52. The zero-order valence-corrected chi connectivity index (χ0v) is 19.5. The lowest BCUT2D eigenvalue weighted by molar-refractivity contribution is -0.162. The van der Waals surface area contributed by atoms with Gasteiger partial charge in [-0.25, -0.2) is 0 Å². The first-order chi connectivity index (χ1) is 14.5. The quantitative estimate of drug-likeness (QED) is 0.377. The van der Waals surface area contributed by atoms with Crippen LogP contribution in [-0.2, 0) is 30.6 Å². The van der Waals surface area contributed by atoms with Crippen LogP contribution in [0.4, 0.5) is 0 Å². The predicted octanol–water partition coefficient (Wildman–Crippen LogP) is 5.16. The minimum Gasteiger partial charge on any atom is -0.458 e. The topological polar surface area (TPSA) is 52.6 Å². The smallest absolute Gasteiger partial charge is 0.303 e. The number of hydrogen-bond acceptors (Lipinski definition) is 7. The molecule has 1 aliphatic heterocycles. The highest BCUT2D eigenvalue weighted by atomic mass is 32.2. The predicted molar refractivity (Wildman–Crippen MR) is 127 cm³/mol. The third-order valence-electron chi connectivity index (χ3n) is 4.54. The molecule has 0 aromatic heterocycles. The SMILES string of the molecule is CC(=O)O[C@H]1[C@@H](C(SCc2ccccc2)SCc2ccccc2)SC[C@H]1OC(C)=O. The van der Waals surface area contributed by atoms with Gasteiger partial charge in [0.1, 0.15) is 6.10 Å². The van der Waals surface area contributed by atoms with Crippen LogP contribution in [0.5, 0.6) is 0 Å². The van der Waals surface area contributed by atoms with Crippen molar-refractivity contribution < 1.29 is 19.1 Å². The molecule has 1 aliphatic rings. The van der Waals surface area contributed by atoms with Crippen molar-refractivity contribution in [3.63, 3.8) is 0 Å². The maximum atomic E-state index is 11.8. The Hall–Kier alpha value is -1.57. The molecule has 1 saturated heterocycles. The number of carbonyl (C=O) groups is 2. The number of ether oxygens (including phenoxy) is 2. The maximum Gasteiger partial charge on any atom is 0.303 e. The summed E-state index contributed by atoms with van der Waals surface area (Å²) < 4.78 is 11.3. The summed E-state index contributed by atoms with van der Waals surface area (Å²) in [4.78, 5) is 23.3. The van der Waals surface area contributed by atoms with Gasteiger partial charge in [0.25, 0.3) is 0 Å². The van der Waals surface area contributed by atoms with Gasteiger partial charge in [0.05, 0.1) is 9.83 Å².